The topological polar surface area (TPSA) is 68.0 Å². The van der Waals surface area contributed by atoms with Crippen molar-refractivity contribution in [1.29, 1.82) is 0 Å². The molecule has 0 unspecified atom stereocenters. The second-order valence-electron chi connectivity index (χ2n) is 3.87. The number of amides is 1. The first-order chi connectivity index (χ1) is 9.49. The van der Waals surface area contributed by atoms with Gasteiger partial charge in [-0.3, -0.25) is 9.78 Å². The zero-order valence-electron chi connectivity index (χ0n) is 10.1. The van der Waals surface area contributed by atoms with Crippen molar-refractivity contribution in [3.63, 3.8) is 0 Å². The van der Waals surface area contributed by atoms with Crippen LogP contribution >= 0.6 is 12.2 Å². The second kappa shape index (κ2) is 5.70. The van der Waals surface area contributed by atoms with Crippen LogP contribution in [0.3, 0.4) is 0 Å². The summed E-state index contributed by atoms with van der Waals surface area (Å²) in [6.45, 7) is 0. The minimum atomic E-state index is -0.647. The van der Waals surface area contributed by atoms with E-state index in [1.165, 1.54) is 24.4 Å². The van der Waals surface area contributed by atoms with Gasteiger partial charge in [0, 0.05) is 6.20 Å². The molecule has 2 rings (SSSR count). The van der Waals surface area contributed by atoms with Gasteiger partial charge < -0.3 is 11.1 Å². The third-order valence-corrected chi connectivity index (χ3v) is 2.68. The monoisotopic (exact) mass is 293 g/mol. The molecule has 0 saturated heterocycles. The number of nitrogens with one attached hydrogen (secondary N) is 1. The van der Waals surface area contributed by atoms with E-state index in [1.54, 1.807) is 0 Å². The molecule has 20 heavy (non-hydrogen) atoms. The van der Waals surface area contributed by atoms with Gasteiger partial charge in [0.25, 0.3) is 5.91 Å². The van der Waals surface area contributed by atoms with E-state index in [0.29, 0.717) is 0 Å². The van der Waals surface area contributed by atoms with Crippen LogP contribution in [0.25, 0.3) is 0 Å². The van der Waals surface area contributed by atoms with Crippen molar-refractivity contribution in [3.05, 3.63) is 59.4 Å². The average molecular weight is 293 g/mol. The van der Waals surface area contributed by atoms with Crippen molar-refractivity contribution in [1.82, 2.24) is 4.98 Å². The number of aromatic nitrogens is 1. The standard InChI is InChI=1S/C13H9F2N3OS/c14-8-4-7(5-17-6-8)13(19)18-10-3-1-2-9(15)11(10)12(16)20/h1-6H,(H2,16,20)(H,18,19). The van der Waals surface area contributed by atoms with Crippen LogP contribution in [0, 0.1) is 11.6 Å². The summed E-state index contributed by atoms with van der Waals surface area (Å²) in [5.41, 5.74) is 5.47. The predicted molar refractivity (Wildman–Crippen MR) is 74.4 cm³/mol. The van der Waals surface area contributed by atoms with E-state index < -0.39 is 17.5 Å². The van der Waals surface area contributed by atoms with Gasteiger partial charge in [0.05, 0.1) is 23.0 Å². The van der Waals surface area contributed by atoms with E-state index in [0.717, 1.165) is 12.3 Å². The Morgan fingerprint density at radius 1 is 1.30 bits per heavy atom. The quantitative estimate of drug-likeness (QED) is 0.852. The Bertz CT molecular complexity index is 691. The Kier molecular flexibility index (Phi) is 3.99. The van der Waals surface area contributed by atoms with Gasteiger partial charge in [0.1, 0.15) is 16.6 Å². The van der Waals surface area contributed by atoms with Crippen LogP contribution in [-0.4, -0.2) is 15.9 Å². The molecule has 0 spiro atoms. The molecule has 0 atom stereocenters. The van der Waals surface area contributed by atoms with Crippen molar-refractivity contribution in [2.75, 3.05) is 5.32 Å². The average Bonchev–Trinajstić information content (AvgIpc) is 2.38. The number of hydrogen-bond acceptors (Lipinski definition) is 3. The molecular weight excluding hydrogens is 284 g/mol. The fourth-order valence-corrected chi connectivity index (χ4v) is 1.82. The van der Waals surface area contributed by atoms with Crippen LogP contribution in [0.15, 0.2) is 36.7 Å². The number of benzene rings is 1. The molecule has 1 aromatic heterocycles. The number of carbonyl (C=O) groups is 1. The number of carbonyl (C=O) groups excluding carboxylic acids is 1. The zero-order chi connectivity index (χ0) is 14.7. The van der Waals surface area contributed by atoms with Crippen LogP contribution in [0.2, 0.25) is 0 Å². The lowest BCUT2D eigenvalue weighted by molar-refractivity contribution is 0.102. The van der Waals surface area contributed by atoms with Crippen LogP contribution in [0.4, 0.5) is 14.5 Å². The number of pyridine rings is 1. The van der Waals surface area contributed by atoms with E-state index in [1.807, 2.05) is 0 Å². The Morgan fingerprint density at radius 3 is 2.70 bits per heavy atom. The zero-order valence-corrected chi connectivity index (χ0v) is 10.9. The van der Waals surface area contributed by atoms with Crippen molar-refractivity contribution >= 4 is 28.8 Å². The molecular formula is C13H9F2N3OS. The fraction of sp³-hybridized carbons (Fsp3) is 0. The Hall–Kier alpha value is -2.41. The van der Waals surface area contributed by atoms with Gasteiger partial charge in [-0.2, -0.15) is 0 Å². The van der Waals surface area contributed by atoms with E-state index in [4.69, 9.17) is 18.0 Å². The van der Waals surface area contributed by atoms with E-state index in [-0.39, 0.29) is 21.8 Å². The lowest BCUT2D eigenvalue weighted by Gasteiger charge is -2.10. The third-order valence-electron chi connectivity index (χ3n) is 2.48. The molecule has 102 valence electrons. The van der Waals surface area contributed by atoms with Crippen molar-refractivity contribution in [3.8, 4) is 0 Å². The highest BCUT2D eigenvalue weighted by Gasteiger charge is 2.14. The van der Waals surface area contributed by atoms with Gasteiger partial charge in [-0.25, -0.2) is 8.78 Å². The van der Waals surface area contributed by atoms with Gasteiger partial charge >= 0.3 is 0 Å². The number of rotatable bonds is 3. The number of nitrogens with zero attached hydrogens (tertiary/aromatic N) is 1. The number of nitrogens with two attached hydrogens (primary N) is 1. The predicted octanol–water partition coefficient (Wildman–Crippen LogP) is 2.25. The van der Waals surface area contributed by atoms with Crippen molar-refractivity contribution < 1.29 is 13.6 Å². The highest BCUT2D eigenvalue weighted by molar-refractivity contribution is 7.80. The van der Waals surface area contributed by atoms with Crippen LogP contribution in [0.5, 0.6) is 0 Å². The first-order valence-corrected chi connectivity index (χ1v) is 5.90. The molecule has 0 aliphatic carbocycles. The van der Waals surface area contributed by atoms with Crippen LogP contribution in [-0.2, 0) is 0 Å². The van der Waals surface area contributed by atoms with E-state index in [2.05, 4.69) is 10.3 Å². The number of anilines is 1. The van der Waals surface area contributed by atoms with Crippen molar-refractivity contribution in [2.24, 2.45) is 5.73 Å². The van der Waals surface area contributed by atoms with Gasteiger partial charge in [-0.05, 0) is 18.2 Å². The number of halogens is 2. The molecule has 1 heterocycles. The summed E-state index contributed by atoms with van der Waals surface area (Å²) in [6, 6.07) is 5.04. The smallest absolute Gasteiger partial charge is 0.257 e. The molecule has 0 fully saturated rings. The highest BCUT2D eigenvalue weighted by Crippen LogP contribution is 2.19. The minimum absolute atomic E-state index is 0.00292. The summed E-state index contributed by atoms with van der Waals surface area (Å²) >= 11 is 4.74. The van der Waals surface area contributed by atoms with Crippen LogP contribution < -0.4 is 11.1 Å². The molecule has 0 aliphatic heterocycles. The third kappa shape index (κ3) is 2.94. The Morgan fingerprint density at radius 2 is 2.05 bits per heavy atom. The summed E-state index contributed by atoms with van der Waals surface area (Å²) in [5.74, 6) is -1.93. The lowest BCUT2D eigenvalue weighted by atomic mass is 10.1. The number of hydrogen-bond donors (Lipinski definition) is 2. The largest absolute Gasteiger partial charge is 0.389 e. The lowest BCUT2D eigenvalue weighted by Crippen LogP contribution is -2.19. The molecule has 1 amide bonds. The van der Waals surface area contributed by atoms with E-state index in [9.17, 15) is 13.6 Å². The van der Waals surface area contributed by atoms with Gasteiger partial charge in [0.15, 0.2) is 0 Å². The highest BCUT2D eigenvalue weighted by atomic mass is 32.1. The molecule has 3 N–H and O–H groups in total. The second-order valence-corrected chi connectivity index (χ2v) is 4.31. The summed E-state index contributed by atoms with van der Waals surface area (Å²) in [4.78, 5) is 15.3. The summed E-state index contributed by atoms with van der Waals surface area (Å²) in [5, 5.41) is 2.42. The molecule has 0 aliphatic rings. The Labute approximate surface area is 118 Å². The summed E-state index contributed by atoms with van der Waals surface area (Å²) < 4.78 is 26.6. The number of thiocarbonyl (C=S) groups is 1. The van der Waals surface area contributed by atoms with Gasteiger partial charge in [-0.15, -0.1) is 0 Å². The molecule has 7 heteroatoms. The molecule has 2 aromatic rings. The molecule has 0 saturated carbocycles. The SMILES string of the molecule is NC(=S)c1c(F)cccc1NC(=O)c1cncc(F)c1. The van der Waals surface area contributed by atoms with Crippen LogP contribution in [0.1, 0.15) is 15.9 Å². The van der Waals surface area contributed by atoms with Gasteiger partial charge in [-0.1, -0.05) is 18.3 Å². The Balaban J connectivity index is 2.33. The first kappa shape index (κ1) is 14.0. The maximum atomic E-state index is 13.6. The first-order valence-electron chi connectivity index (χ1n) is 5.49. The molecule has 0 radical (unpaired) electrons. The molecule has 4 nitrogen and oxygen atoms in total. The summed E-state index contributed by atoms with van der Waals surface area (Å²) in [7, 11) is 0. The minimum Gasteiger partial charge on any atom is -0.389 e. The molecule has 1 aromatic carbocycles. The van der Waals surface area contributed by atoms with Crippen molar-refractivity contribution in [2.45, 2.75) is 0 Å². The normalized spacial score (nSPS) is 10.1. The molecule has 0 bridgehead atoms. The maximum Gasteiger partial charge on any atom is 0.257 e. The van der Waals surface area contributed by atoms with E-state index >= 15 is 0 Å². The fourth-order valence-electron chi connectivity index (χ4n) is 1.61. The maximum absolute atomic E-state index is 13.6. The summed E-state index contributed by atoms with van der Waals surface area (Å²) in [6.07, 6.45) is 2.16. The van der Waals surface area contributed by atoms with Gasteiger partial charge in [0.2, 0.25) is 0 Å².